The van der Waals surface area contributed by atoms with Gasteiger partial charge in [0.05, 0.1) is 0 Å². The van der Waals surface area contributed by atoms with Crippen LogP contribution in [0.15, 0.2) is 0 Å². The summed E-state index contributed by atoms with van der Waals surface area (Å²) >= 11 is 0. The zero-order valence-electron chi connectivity index (χ0n) is 7.49. The van der Waals surface area contributed by atoms with E-state index in [-0.39, 0.29) is 25.4 Å². The molecule has 5 heteroatoms. The fraction of sp³-hybridized carbons (Fsp3) is 0.714. The average Bonchev–Trinajstić information content (AvgIpc) is 1.96. The summed E-state index contributed by atoms with van der Waals surface area (Å²) in [7, 11) is 1.67. The molecule has 0 spiro atoms. The standard InChI is InChI=1S/C7H13NO4/c1-6(9)11-4-8(3)5-12-7(2)10/h4-5H2,1-3H3. The summed E-state index contributed by atoms with van der Waals surface area (Å²) < 4.78 is 9.26. The second-order valence-corrected chi connectivity index (χ2v) is 2.39. The van der Waals surface area contributed by atoms with Crippen molar-refractivity contribution in [2.45, 2.75) is 13.8 Å². The summed E-state index contributed by atoms with van der Waals surface area (Å²) in [5.41, 5.74) is 0. The summed E-state index contributed by atoms with van der Waals surface area (Å²) in [5.74, 6) is -0.714. The van der Waals surface area contributed by atoms with Gasteiger partial charge in [-0.2, -0.15) is 0 Å². The first kappa shape index (κ1) is 10.9. The Kier molecular flexibility index (Phi) is 5.03. The van der Waals surface area contributed by atoms with Crippen LogP contribution >= 0.6 is 0 Å². The van der Waals surface area contributed by atoms with Gasteiger partial charge in [-0.05, 0) is 7.05 Å². The highest BCUT2D eigenvalue weighted by molar-refractivity contribution is 5.66. The van der Waals surface area contributed by atoms with Crippen molar-refractivity contribution in [2.75, 3.05) is 20.5 Å². The Morgan fingerprint density at radius 3 is 1.67 bits per heavy atom. The number of carbonyl (C=O) groups excluding carboxylic acids is 2. The van der Waals surface area contributed by atoms with Crippen molar-refractivity contribution in [2.24, 2.45) is 0 Å². The maximum absolute atomic E-state index is 10.3. The molecule has 0 amide bonds. The van der Waals surface area contributed by atoms with E-state index in [0.717, 1.165) is 0 Å². The molecule has 70 valence electrons. The van der Waals surface area contributed by atoms with Crippen molar-refractivity contribution in [3.05, 3.63) is 0 Å². The largest absolute Gasteiger partial charge is 0.450 e. The zero-order valence-corrected chi connectivity index (χ0v) is 7.49. The topological polar surface area (TPSA) is 55.8 Å². The minimum atomic E-state index is -0.357. The number of rotatable bonds is 4. The van der Waals surface area contributed by atoms with Crippen molar-refractivity contribution in [3.8, 4) is 0 Å². The van der Waals surface area contributed by atoms with Crippen LogP contribution in [0.5, 0.6) is 0 Å². The molecule has 0 atom stereocenters. The second kappa shape index (κ2) is 5.54. The monoisotopic (exact) mass is 175 g/mol. The van der Waals surface area contributed by atoms with E-state index in [1.165, 1.54) is 13.8 Å². The van der Waals surface area contributed by atoms with Crippen LogP contribution in [0.1, 0.15) is 13.8 Å². The molecule has 0 heterocycles. The van der Waals surface area contributed by atoms with E-state index in [1.54, 1.807) is 11.9 Å². The summed E-state index contributed by atoms with van der Waals surface area (Å²) in [6, 6.07) is 0. The molecule has 0 aliphatic rings. The second-order valence-electron chi connectivity index (χ2n) is 2.39. The van der Waals surface area contributed by atoms with Gasteiger partial charge in [-0.1, -0.05) is 0 Å². The number of hydrogen-bond donors (Lipinski definition) is 0. The lowest BCUT2D eigenvalue weighted by Crippen LogP contribution is -2.26. The summed E-state index contributed by atoms with van der Waals surface area (Å²) in [6.07, 6.45) is 0. The van der Waals surface area contributed by atoms with E-state index in [4.69, 9.17) is 0 Å². The Hall–Kier alpha value is -1.10. The Balaban J connectivity index is 3.39. The minimum Gasteiger partial charge on any atom is -0.450 e. The van der Waals surface area contributed by atoms with Crippen LogP contribution in [0, 0.1) is 0 Å². The van der Waals surface area contributed by atoms with Gasteiger partial charge in [0.15, 0.2) is 0 Å². The molecule has 0 aromatic carbocycles. The quantitative estimate of drug-likeness (QED) is 0.443. The number of nitrogens with zero attached hydrogens (tertiary/aromatic N) is 1. The SMILES string of the molecule is CC(=O)OCN(C)COC(C)=O. The summed E-state index contributed by atoms with van der Waals surface area (Å²) in [6.45, 7) is 2.89. The molecule has 0 bridgehead atoms. The lowest BCUT2D eigenvalue weighted by Gasteiger charge is -2.14. The molecule has 0 N–H and O–H groups in total. The zero-order chi connectivity index (χ0) is 9.56. The molecule has 0 radical (unpaired) electrons. The predicted molar refractivity (Wildman–Crippen MR) is 41.0 cm³/mol. The highest BCUT2D eigenvalue weighted by Gasteiger charge is 2.01. The van der Waals surface area contributed by atoms with Gasteiger partial charge in [0, 0.05) is 13.8 Å². The van der Waals surface area contributed by atoms with Crippen LogP contribution in [0.2, 0.25) is 0 Å². The predicted octanol–water partition coefficient (Wildman–Crippen LogP) is -0.0406. The van der Waals surface area contributed by atoms with Gasteiger partial charge in [-0.15, -0.1) is 0 Å². The Morgan fingerprint density at radius 2 is 1.42 bits per heavy atom. The Morgan fingerprint density at radius 1 is 1.08 bits per heavy atom. The molecule has 0 rings (SSSR count). The molecular weight excluding hydrogens is 162 g/mol. The van der Waals surface area contributed by atoms with Gasteiger partial charge in [0.2, 0.25) is 0 Å². The minimum absolute atomic E-state index is 0.128. The van der Waals surface area contributed by atoms with Crippen molar-refractivity contribution >= 4 is 11.9 Å². The van der Waals surface area contributed by atoms with Gasteiger partial charge in [-0.3, -0.25) is 9.59 Å². The van der Waals surface area contributed by atoms with Gasteiger partial charge in [0.25, 0.3) is 0 Å². The number of ether oxygens (including phenoxy) is 2. The highest BCUT2D eigenvalue weighted by Crippen LogP contribution is 1.86. The fourth-order valence-corrected chi connectivity index (χ4v) is 0.439. The summed E-state index contributed by atoms with van der Waals surface area (Å²) in [4.78, 5) is 22.2. The first-order chi connectivity index (χ1) is 5.52. The van der Waals surface area contributed by atoms with E-state index < -0.39 is 0 Å². The third-order valence-corrected chi connectivity index (χ3v) is 0.976. The van der Waals surface area contributed by atoms with Crippen LogP contribution < -0.4 is 0 Å². The van der Waals surface area contributed by atoms with Crippen LogP contribution in [0.4, 0.5) is 0 Å². The van der Waals surface area contributed by atoms with E-state index in [0.29, 0.717) is 0 Å². The first-order valence-corrected chi connectivity index (χ1v) is 3.47. The molecule has 12 heavy (non-hydrogen) atoms. The number of hydrogen-bond acceptors (Lipinski definition) is 5. The maximum atomic E-state index is 10.3. The van der Waals surface area contributed by atoms with E-state index in [9.17, 15) is 9.59 Å². The Labute approximate surface area is 71.2 Å². The van der Waals surface area contributed by atoms with Crippen molar-refractivity contribution in [1.82, 2.24) is 4.90 Å². The lowest BCUT2D eigenvalue weighted by atomic mass is 10.8. The fourth-order valence-electron chi connectivity index (χ4n) is 0.439. The Bertz CT molecular complexity index is 151. The molecule has 0 saturated carbocycles. The third kappa shape index (κ3) is 7.01. The normalized spacial score (nSPS) is 9.67. The van der Waals surface area contributed by atoms with E-state index in [1.807, 2.05) is 0 Å². The molecule has 0 fully saturated rings. The molecule has 5 nitrogen and oxygen atoms in total. The molecule has 0 aromatic heterocycles. The molecule has 0 saturated heterocycles. The lowest BCUT2D eigenvalue weighted by molar-refractivity contribution is -0.153. The van der Waals surface area contributed by atoms with Gasteiger partial charge in [0.1, 0.15) is 13.5 Å². The molecule has 0 unspecified atom stereocenters. The highest BCUT2D eigenvalue weighted by atomic mass is 16.6. The first-order valence-electron chi connectivity index (χ1n) is 3.47. The number of esters is 2. The smallest absolute Gasteiger partial charge is 0.303 e. The van der Waals surface area contributed by atoms with Crippen LogP contribution in [0.3, 0.4) is 0 Å². The van der Waals surface area contributed by atoms with Crippen molar-refractivity contribution < 1.29 is 19.1 Å². The maximum Gasteiger partial charge on any atom is 0.303 e. The summed E-state index contributed by atoms with van der Waals surface area (Å²) in [5, 5.41) is 0. The van der Waals surface area contributed by atoms with Gasteiger partial charge >= 0.3 is 11.9 Å². The van der Waals surface area contributed by atoms with Crippen molar-refractivity contribution in [3.63, 3.8) is 0 Å². The molecule has 0 aliphatic heterocycles. The van der Waals surface area contributed by atoms with Crippen LogP contribution in [0.25, 0.3) is 0 Å². The van der Waals surface area contributed by atoms with Crippen molar-refractivity contribution in [1.29, 1.82) is 0 Å². The van der Waals surface area contributed by atoms with Crippen LogP contribution in [-0.4, -0.2) is 37.3 Å². The molecular formula is C7H13NO4. The van der Waals surface area contributed by atoms with Gasteiger partial charge < -0.3 is 9.47 Å². The van der Waals surface area contributed by atoms with E-state index >= 15 is 0 Å². The number of carbonyl (C=O) groups is 2. The average molecular weight is 175 g/mol. The van der Waals surface area contributed by atoms with Crippen LogP contribution in [-0.2, 0) is 19.1 Å². The van der Waals surface area contributed by atoms with E-state index in [2.05, 4.69) is 9.47 Å². The van der Waals surface area contributed by atoms with Gasteiger partial charge in [-0.25, -0.2) is 4.90 Å². The third-order valence-electron chi connectivity index (χ3n) is 0.976. The molecule has 0 aliphatic carbocycles. The molecule has 0 aromatic rings.